The Morgan fingerprint density at radius 3 is 2.62 bits per heavy atom. The average Bonchev–Trinajstić information content (AvgIpc) is 2.61. The molecule has 2 aromatic rings. The average molecular weight is 330 g/mol. The number of nitrogen functional groups attached to an aromatic ring is 1. The van der Waals surface area contributed by atoms with E-state index in [-0.39, 0.29) is 0 Å². The highest BCUT2D eigenvalue weighted by molar-refractivity contribution is 5.55. The molecule has 2 heterocycles. The van der Waals surface area contributed by atoms with E-state index in [1.807, 2.05) is 18.3 Å². The Hall–Kier alpha value is -2.54. The Labute approximate surface area is 141 Å². The third-order valence-electron chi connectivity index (χ3n) is 4.21. The van der Waals surface area contributed by atoms with E-state index in [2.05, 4.69) is 14.9 Å². The highest BCUT2D eigenvalue weighted by atomic mass is 16.5. The van der Waals surface area contributed by atoms with Crippen molar-refractivity contribution in [2.45, 2.75) is 19.5 Å². The fraction of sp³-hybridized carbons (Fsp3) is 0.412. The molecular weight excluding hydrogens is 308 g/mol. The molecule has 7 nitrogen and oxygen atoms in total. The van der Waals surface area contributed by atoms with E-state index in [1.54, 1.807) is 21.3 Å². The van der Waals surface area contributed by atoms with Crippen LogP contribution in [0, 0.1) is 0 Å². The van der Waals surface area contributed by atoms with Crippen molar-refractivity contribution in [3.63, 3.8) is 0 Å². The van der Waals surface area contributed by atoms with E-state index in [4.69, 9.17) is 19.9 Å². The molecule has 24 heavy (non-hydrogen) atoms. The second-order valence-electron chi connectivity index (χ2n) is 5.65. The molecule has 128 valence electrons. The fourth-order valence-corrected chi connectivity index (χ4v) is 3.05. The molecule has 0 saturated carbocycles. The van der Waals surface area contributed by atoms with Crippen LogP contribution < -0.4 is 19.9 Å². The molecule has 0 amide bonds. The zero-order valence-electron chi connectivity index (χ0n) is 14.2. The number of nitrogens with zero attached hydrogens (tertiary/aromatic N) is 3. The van der Waals surface area contributed by atoms with E-state index < -0.39 is 0 Å². The summed E-state index contributed by atoms with van der Waals surface area (Å²) in [5.74, 6) is 2.32. The third-order valence-corrected chi connectivity index (χ3v) is 4.21. The maximum absolute atomic E-state index is 5.66. The molecule has 1 aliphatic rings. The minimum absolute atomic E-state index is 0.337. The Kier molecular flexibility index (Phi) is 4.71. The fourth-order valence-electron chi connectivity index (χ4n) is 3.05. The van der Waals surface area contributed by atoms with E-state index >= 15 is 0 Å². The van der Waals surface area contributed by atoms with Crippen molar-refractivity contribution in [2.75, 3.05) is 33.6 Å². The number of nitrogens with two attached hydrogens (primary N) is 1. The summed E-state index contributed by atoms with van der Waals surface area (Å²) in [6, 6.07) is 3.91. The van der Waals surface area contributed by atoms with Crippen molar-refractivity contribution in [2.24, 2.45) is 0 Å². The normalized spacial score (nSPS) is 14.1. The lowest BCUT2D eigenvalue weighted by atomic mass is 10.1. The van der Waals surface area contributed by atoms with Gasteiger partial charge in [0.05, 0.1) is 27.0 Å². The Bertz CT molecular complexity index is 736. The van der Waals surface area contributed by atoms with Gasteiger partial charge in [-0.2, -0.15) is 0 Å². The largest absolute Gasteiger partial charge is 0.493 e. The van der Waals surface area contributed by atoms with Crippen LogP contribution in [0.4, 0.5) is 5.95 Å². The van der Waals surface area contributed by atoms with Crippen LogP contribution in [0.25, 0.3) is 0 Å². The summed E-state index contributed by atoms with van der Waals surface area (Å²) in [7, 11) is 4.87. The van der Waals surface area contributed by atoms with E-state index in [1.165, 1.54) is 0 Å². The second kappa shape index (κ2) is 6.92. The molecule has 2 N–H and O–H groups in total. The zero-order chi connectivity index (χ0) is 17.1. The molecule has 0 unspecified atom stereocenters. The highest BCUT2D eigenvalue weighted by Gasteiger charge is 2.22. The minimum atomic E-state index is 0.337. The summed E-state index contributed by atoms with van der Waals surface area (Å²) >= 11 is 0. The molecule has 3 rings (SSSR count). The summed E-state index contributed by atoms with van der Waals surface area (Å²) in [4.78, 5) is 10.7. The molecule has 0 atom stereocenters. The van der Waals surface area contributed by atoms with Gasteiger partial charge in [-0.1, -0.05) is 6.07 Å². The standard InChI is InChI=1S/C17H22N4O3/c1-22-14-5-4-11(15(23-2)16(14)24-3)9-21-7-6-13-12(10-21)8-19-17(18)20-13/h4-5,8H,6-7,9-10H2,1-3H3,(H2,18,19,20). The van der Waals surface area contributed by atoms with Crippen molar-refractivity contribution in [3.05, 3.63) is 35.2 Å². The predicted molar refractivity (Wildman–Crippen MR) is 90.4 cm³/mol. The topological polar surface area (TPSA) is 82.7 Å². The summed E-state index contributed by atoms with van der Waals surface area (Å²) in [6.45, 7) is 2.43. The first-order valence-electron chi connectivity index (χ1n) is 7.76. The molecule has 7 heteroatoms. The van der Waals surface area contributed by atoms with Crippen LogP contribution in [0.5, 0.6) is 17.2 Å². The van der Waals surface area contributed by atoms with Crippen molar-refractivity contribution in [1.29, 1.82) is 0 Å². The van der Waals surface area contributed by atoms with Crippen molar-refractivity contribution < 1.29 is 14.2 Å². The predicted octanol–water partition coefficient (Wildman–Crippen LogP) is 1.64. The number of rotatable bonds is 5. The first kappa shape index (κ1) is 16.3. The summed E-state index contributed by atoms with van der Waals surface area (Å²) in [5, 5.41) is 0. The molecule has 1 aliphatic heterocycles. The van der Waals surface area contributed by atoms with Gasteiger partial charge in [0, 0.05) is 43.4 Å². The summed E-state index contributed by atoms with van der Waals surface area (Å²) in [5.41, 5.74) is 8.87. The third kappa shape index (κ3) is 3.07. The molecule has 1 aromatic carbocycles. The molecule has 0 aliphatic carbocycles. The molecule has 0 radical (unpaired) electrons. The minimum Gasteiger partial charge on any atom is -0.493 e. The van der Waals surface area contributed by atoms with Crippen molar-refractivity contribution >= 4 is 5.95 Å². The first-order chi connectivity index (χ1) is 11.7. The summed E-state index contributed by atoms with van der Waals surface area (Å²) < 4.78 is 16.4. The Morgan fingerprint density at radius 1 is 1.12 bits per heavy atom. The van der Waals surface area contributed by atoms with Crippen LogP contribution in [0.15, 0.2) is 18.3 Å². The molecule has 0 fully saturated rings. The van der Waals surface area contributed by atoms with Crippen LogP contribution in [0.2, 0.25) is 0 Å². The quantitative estimate of drug-likeness (QED) is 0.892. The van der Waals surface area contributed by atoms with Gasteiger partial charge in [0.2, 0.25) is 11.7 Å². The Morgan fingerprint density at radius 2 is 1.92 bits per heavy atom. The molecule has 0 spiro atoms. The Balaban J connectivity index is 1.83. The molecule has 0 saturated heterocycles. The van der Waals surface area contributed by atoms with Gasteiger partial charge < -0.3 is 19.9 Å². The lowest BCUT2D eigenvalue weighted by Crippen LogP contribution is -2.31. The second-order valence-corrected chi connectivity index (χ2v) is 5.65. The number of hydrogen-bond donors (Lipinski definition) is 1. The van der Waals surface area contributed by atoms with Crippen LogP contribution >= 0.6 is 0 Å². The van der Waals surface area contributed by atoms with Gasteiger partial charge in [0.25, 0.3) is 0 Å². The van der Waals surface area contributed by atoms with Gasteiger partial charge in [-0.05, 0) is 6.07 Å². The molecule has 1 aromatic heterocycles. The van der Waals surface area contributed by atoms with Crippen LogP contribution in [-0.2, 0) is 19.5 Å². The maximum atomic E-state index is 5.66. The van der Waals surface area contributed by atoms with Crippen LogP contribution in [0.1, 0.15) is 16.8 Å². The zero-order valence-corrected chi connectivity index (χ0v) is 14.2. The number of fused-ring (bicyclic) bond motifs is 1. The number of methoxy groups -OCH3 is 3. The van der Waals surface area contributed by atoms with Gasteiger partial charge in [0.1, 0.15) is 0 Å². The monoisotopic (exact) mass is 330 g/mol. The first-order valence-corrected chi connectivity index (χ1v) is 7.76. The van der Waals surface area contributed by atoms with Crippen molar-refractivity contribution in [3.8, 4) is 17.2 Å². The highest BCUT2D eigenvalue weighted by Crippen LogP contribution is 2.40. The van der Waals surface area contributed by atoms with Gasteiger partial charge in [-0.25, -0.2) is 9.97 Å². The number of anilines is 1. The van der Waals surface area contributed by atoms with Gasteiger partial charge in [0.15, 0.2) is 11.5 Å². The molecule has 0 bridgehead atoms. The van der Waals surface area contributed by atoms with Crippen LogP contribution in [-0.4, -0.2) is 42.7 Å². The smallest absolute Gasteiger partial charge is 0.220 e. The van der Waals surface area contributed by atoms with Crippen LogP contribution in [0.3, 0.4) is 0 Å². The SMILES string of the molecule is COc1ccc(CN2CCc3nc(N)ncc3C2)c(OC)c1OC. The lowest BCUT2D eigenvalue weighted by Gasteiger charge is -2.28. The van der Waals surface area contributed by atoms with Gasteiger partial charge >= 0.3 is 0 Å². The lowest BCUT2D eigenvalue weighted by molar-refractivity contribution is 0.237. The van der Waals surface area contributed by atoms with Gasteiger partial charge in [-0.3, -0.25) is 4.90 Å². The molecular formula is C17H22N4O3. The number of aromatic nitrogens is 2. The van der Waals surface area contributed by atoms with Crippen molar-refractivity contribution in [1.82, 2.24) is 14.9 Å². The van der Waals surface area contributed by atoms with E-state index in [9.17, 15) is 0 Å². The summed E-state index contributed by atoms with van der Waals surface area (Å²) in [6.07, 6.45) is 2.67. The number of ether oxygens (including phenoxy) is 3. The van der Waals surface area contributed by atoms with E-state index in [0.717, 1.165) is 42.9 Å². The van der Waals surface area contributed by atoms with Gasteiger partial charge in [-0.15, -0.1) is 0 Å². The number of benzene rings is 1. The maximum Gasteiger partial charge on any atom is 0.220 e. The number of hydrogen-bond acceptors (Lipinski definition) is 7. The van der Waals surface area contributed by atoms with E-state index in [0.29, 0.717) is 23.2 Å².